The van der Waals surface area contributed by atoms with Crippen LogP contribution < -0.4 is 10.6 Å². The zero-order valence-corrected chi connectivity index (χ0v) is 19.3. The molecule has 0 aromatic carbocycles. The van der Waals surface area contributed by atoms with Crippen molar-refractivity contribution >= 4 is 35.8 Å². The van der Waals surface area contributed by atoms with E-state index in [-0.39, 0.29) is 24.0 Å². The van der Waals surface area contributed by atoms with E-state index in [1.807, 2.05) is 12.1 Å². The third-order valence-corrected chi connectivity index (χ3v) is 5.50. The Hall–Kier alpha value is -1.29. The van der Waals surface area contributed by atoms with Crippen molar-refractivity contribution in [2.75, 3.05) is 52.4 Å². The van der Waals surface area contributed by atoms with Crippen LogP contribution in [-0.2, 0) is 11.3 Å². The Balaban J connectivity index is 0.00000280. The molecular formula is C20H35IN6O. The first kappa shape index (κ1) is 23.0. The summed E-state index contributed by atoms with van der Waals surface area (Å²) in [6.45, 7) is 10.1. The Morgan fingerprint density at radius 2 is 1.79 bits per heavy atom. The number of hydrogen-bond donors (Lipinski definition) is 2. The van der Waals surface area contributed by atoms with Gasteiger partial charge in [-0.2, -0.15) is 0 Å². The molecule has 0 spiro atoms. The van der Waals surface area contributed by atoms with Gasteiger partial charge in [-0.1, -0.05) is 6.42 Å². The second-order valence-corrected chi connectivity index (χ2v) is 7.40. The molecule has 1 saturated heterocycles. The highest BCUT2D eigenvalue weighted by atomic mass is 127. The average molecular weight is 502 g/mol. The minimum atomic E-state index is 0. The van der Waals surface area contributed by atoms with Gasteiger partial charge < -0.3 is 20.1 Å². The summed E-state index contributed by atoms with van der Waals surface area (Å²) in [6.07, 6.45) is 7.56. The number of carbonyl (C=O) groups is 1. The summed E-state index contributed by atoms with van der Waals surface area (Å²) in [7, 11) is 0. The highest BCUT2D eigenvalue weighted by Crippen LogP contribution is 2.28. The molecule has 0 bridgehead atoms. The zero-order valence-electron chi connectivity index (χ0n) is 17.0. The molecule has 1 aliphatic carbocycles. The van der Waals surface area contributed by atoms with Crippen LogP contribution in [0.4, 0.5) is 0 Å². The van der Waals surface area contributed by atoms with Gasteiger partial charge in [-0.25, -0.2) is 0 Å². The lowest BCUT2D eigenvalue weighted by Crippen LogP contribution is -2.51. The van der Waals surface area contributed by atoms with Crippen LogP contribution >= 0.6 is 24.0 Å². The standard InChI is InChI=1S/C20H34N6O.HI/c1-2-21-20(22-8-12-24-10-3-4-11-24)23-9-13-25-14-16-26(17-15-25)19(27)18-6-5-7-18;/h3-4,10-11,18H,2,5-9,12-17H2,1H3,(H2,21,22,23);1H. The van der Waals surface area contributed by atoms with E-state index < -0.39 is 0 Å². The number of piperazine rings is 1. The molecule has 1 aromatic heterocycles. The Labute approximate surface area is 185 Å². The molecule has 2 N–H and O–H groups in total. The molecule has 0 unspecified atom stereocenters. The van der Waals surface area contributed by atoms with Crippen LogP contribution in [0.1, 0.15) is 26.2 Å². The van der Waals surface area contributed by atoms with Crippen molar-refractivity contribution in [3.63, 3.8) is 0 Å². The summed E-state index contributed by atoms with van der Waals surface area (Å²) >= 11 is 0. The lowest BCUT2D eigenvalue weighted by molar-refractivity contribution is -0.139. The molecule has 2 heterocycles. The van der Waals surface area contributed by atoms with Crippen molar-refractivity contribution in [3.8, 4) is 0 Å². The number of nitrogens with one attached hydrogen (secondary N) is 2. The van der Waals surface area contributed by atoms with Crippen LogP contribution in [0.5, 0.6) is 0 Å². The highest BCUT2D eigenvalue weighted by molar-refractivity contribution is 14.0. The Morgan fingerprint density at radius 1 is 1.07 bits per heavy atom. The van der Waals surface area contributed by atoms with Crippen molar-refractivity contribution in [1.82, 2.24) is 25.0 Å². The van der Waals surface area contributed by atoms with Crippen molar-refractivity contribution in [2.24, 2.45) is 10.9 Å². The lowest BCUT2D eigenvalue weighted by atomic mass is 9.84. The molecule has 158 valence electrons. The van der Waals surface area contributed by atoms with E-state index in [1.54, 1.807) is 0 Å². The number of rotatable bonds is 8. The van der Waals surface area contributed by atoms with Crippen LogP contribution in [0.25, 0.3) is 0 Å². The second-order valence-electron chi connectivity index (χ2n) is 7.40. The summed E-state index contributed by atoms with van der Waals surface area (Å²) in [5, 5.41) is 6.70. The Morgan fingerprint density at radius 3 is 2.39 bits per heavy atom. The quantitative estimate of drug-likeness (QED) is 0.322. The third kappa shape index (κ3) is 6.95. The smallest absolute Gasteiger partial charge is 0.225 e. The van der Waals surface area contributed by atoms with Crippen molar-refractivity contribution in [2.45, 2.75) is 32.7 Å². The minimum absolute atomic E-state index is 0. The summed E-state index contributed by atoms with van der Waals surface area (Å²) in [6, 6.07) is 4.08. The normalized spacial score (nSPS) is 18.3. The number of guanidine groups is 1. The van der Waals surface area contributed by atoms with Crippen molar-refractivity contribution in [1.29, 1.82) is 0 Å². The van der Waals surface area contributed by atoms with Gasteiger partial charge in [0.2, 0.25) is 5.91 Å². The molecule has 1 aliphatic heterocycles. The maximum atomic E-state index is 12.3. The number of nitrogens with zero attached hydrogens (tertiary/aromatic N) is 4. The van der Waals surface area contributed by atoms with Crippen LogP contribution in [0.3, 0.4) is 0 Å². The molecule has 2 aliphatic rings. The number of aromatic nitrogens is 1. The monoisotopic (exact) mass is 502 g/mol. The van der Waals surface area contributed by atoms with Crippen molar-refractivity contribution in [3.05, 3.63) is 24.5 Å². The molecule has 1 aromatic rings. The van der Waals surface area contributed by atoms with Gasteiger partial charge in [-0.3, -0.25) is 14.7 Å². The number of carbonyl (C=O) groups excluding carboxylic acids is 1. The van der Waals surface area contributed by atoms with Gasteiger partial charge in [-0.05, 0) is 31.9 Å². The average Bonchev–Trinajstić information content (AvgIpc) is 3.14. The third-order valence-electron chi connectivity index (χ3n) is 5.50. The number of aliphatic imine (C=N–C) groups is 1. The molecule has 1 amide bonds. The van der Waals surface area contributed by atoms with E-state index in [9.17, 15) is 4.79 Å². The van der Waals surface area contributed by atoms with E-state index >= 15 is 0 Å². The molecule has 2 fully saturated rings. The Bertz CT molecular complexity index is 594. The van der Waals surface area contributed by atoms with Crippen LogP contribution in [0.15, 0.2) is 29.5 Å². The summed E-state index contributed by atoms with van der Waals surface area (Å²) in [4.78, 5) is 21.5. The first-order chi connectivity index (χ1) is 13.3. The number of amides is 1. The predicted octanol–water partition coefficient (Wildman–Crippen LogP) is 1.61. The molecule has 7 nitrogen and oxygen atoms in total. The van der Waals surface area contributed by atoms with Gasteiger partial charge in [0.15, 0.2) is 5.96 Å². The fourth-order valence-corrected chi connectivity index (χ4v) is 3.57. The topological polar surface area (TPSA) is 64.9 Å². The molecule has 0 atom stereocenters. The fraction of sp³-hybridized carbons (Fsp3) is 0.700. The largest absolute Gasteiger partial charge is 0.357 e. The van der Waals surface area contributed by atoms with Crippen molar-refractivity contribution < 1.29 is 4.79 Å². The van der Waals surface area contributed by atoms with E-state index in [2.05, 4.69) is 44.3 Å². The molecule has 3 rings (SSSR count). The number of hydrogen-bond acceptors (Lipinski definition) is 3. The minimum Gasteiger partial charge on any atom is -0.357 e. The molecular weight excluding hydrogens is 467 g/mol. The summed E-state index contributed by atoms with van der Waals surface area (Å²) < 4.78 is 2.15. The lowest BCUT2D eigenvalue weighted by Gasteiger charge is -2.38. The predicted molar refractivity (Wildman–Crippen MR) is 124 cm³/mol. The first-order valence-corrected chi connectivity index (χ1v) is 10.4. The Kier molecular flexibility index (Phi) is 10.1. The van der Waals surface area contributed by atoms with Crippen LogP contribution in [0, 0.1) is 5.92 Å². The maximum absolute atomic E-state index is 12.3. The van der Waals surface area contributed by atoms with Gasteiger partial charge in [0.1, 0.15) is 0 Å². The van der Waals surface area contributed by atoms with Gasteiger partial charge in [-0.15, -0.1) is 24.0 Å². The maximum Gasteiger partial charge on any atom is 0.225 e. The van der Waals surface area contributed by atoms with Gasteiger partial charge in [0.05, 0.1) is 6.54 Å². The van der Waals surface area contributed by atoms with Gasteiger partial charge >= 0.3 is 0 Å². The highest BCUT2D eigenvalue weighted by Gasteiger charge is 2.30. The molecule has 28 heavy (non-hydrogen) atoms. The van der Waals surface area contributed by atoms with Gasteiger partial charge in [0, 0.05) is 70.7 Å². The summed E-state index contributed by atoms with van der Waals surface area (Å²) in [5.41, 5.74) is 0. The number of halogens is 1. The fourth-order valence-electron chi connectivity index (χ4n) is 3.57. The zero-order chi connectivity index (χ0) is 18.9. The van der Waals surface area contributed by atoms with Gasteiger partial charge in [0.25, 0.3) is 0 Å². The summed E-state index contributed by atoms with van der Waals surface area (Å²) in [5.74, 6) is 1.59. The molecule has 8 heteroatoms. The molecule has 1 saturated carbocycles. The van der Waals surface area contributed by atoms with E-state index in [1.165, 1.54) is 6.42 Å². The second kappa shape index (κ2) is 12.3. The van der Waals surface area contributed by atoms with Crippen LogP contribution in [0.2, 0.25) is 0 Å². The van der Waals surface area contributed by atoms with E-state index in [0.29, 0.717) is 11.8 Å². The van der Waals surface area contributed by atoms with E-state index in [0.717, 1.165) is 77.7 Å². The first-order valence-electron chi connectivity index (χ1n) is 10.4. The van der Waals surface area contributed by atoms with E-state index in [4.69, 9.17) is 4.99 Å². The molecule has 0 radical (unpaired) electrons. The van der Waals surface area contributed by atoms with Crippen LogP contribution in [-0.4, -0.2) is 78.6 Å². The SMILES string of the molecule is CCNC(=NCCN1CCN(C(=O)C2CCC2)CC1)NCCn1cccc1.I.